The van der Waals surface area contributed by atoms with Crippen molar-refractivity contribution in [1.82, 2.24) is 4.57 Å². The van der Waals surface area contributed by atoms with Crippen LogP contribution in [-0.2, 0) is 0 Å². The lowest BCUT2D eigenvalue weighted by molar-refractivity contribution is 0.603. The highest BCUT2D eigenvalue weighted by Gasteiger charge is 2.25. The monoisotopic (exact) mass is 611 g/mol. The highest BCUT2D eigenvalue weighted by Crippen LogP contribution is 2.51. The molecule has 0 N–H and O–H groups in total. The molecule has 2 heteroatoms. The lowest BCUT2D eigenvalue weighted by Crippen LogP contribution is -1.95. The van der Waals surface area contributed by atoms with Gasteiger partial charge in [-0.05, 0) is 104 Å². The smallest absolute Gasteiger partial charge is 0.135 e. The number of nitrogens with zero attached hydrogens (tertiary/aromatic N) is 1. The van der Waals surface area contributed by atoms with Gasteiger partial charge in [-0.1, -0.05) is 116 Å². The largest absolute Gasteiger partial charge is 0.456 e. The Morgan fingerprint density at radius 3 is 1.96 bits per heavy atom. The molecule has 7 aromatic carbocycles. The summed E-state index contributed by atoms with van der Waals surface area (Å²) in [6.45, 7) is 7.99. The van der Waals surface area contributed by atoms with E-state index in [4.69, 9.17) is 4.42 Å². The summed E-state index contributed by atoms with van der Waals surface area (Å²) in [4.78, 5) is 0. The van der Waals surface area contributed by atoms with E-state index in [0.29, 0.717) is 0 Å². The summed E-state index contributed by atoms with van der Waals surface area (Å²) in [6, 6.07) is 50.9. The topological polar surface area (TPSA) is 18.1 Å². The molecule has 9 aromatic rings. The van der Waals surface area contributed by atoms with Crippen molar-refractivity contribution in [3.05, 3.63) is 164 Å². The first-order chi connectivity index (χ1) is 23.7. The maximum Gasteiger partial charge on any atom is 0.135 e. The molecular formula is C46H29NO. The summed E-state index contributed by atoms with van der Waals surface area (Å²) in [7, 11) is 0. The zero-order valence-corrected chi connectivity index (χ0v) is 26.2. The predicted octanol–water partition coefficient (Wildman–Crippen LogP) is 13.0. The fraction of sp³-hybridized carbons (Fsp3) is 0. The number of rotatable bonds is 5. The summed E-state index contributed by atoms with van der Waals surface area (Å²) in [5, 5.41) is 6.17. The van der Waals surface area contributed by atoms with Crippen molar-refractivity contribution < 1.29 is 4.42 Å². The first kappa shape index (κ1) is 26.8. The second-order valence-corrected chi connectivity index (χ2v) is 12.6. The van der Waals surface area contributed by atoms with Gasteiger partial charge in [0.05, 0.1) is 11.0 Å². The van der Waals surface area contributed by atoms with E-state index >= 15 is 0 Å². The SMILES string of the molecule is C=Cc1oc2ccc(-c3ccc4c(c3)c3c5cccc6c5c(cc3n4-c3cccc(-c4ccccc4)c3)-c3ccccc3-6)cc2c1C=C. The van der Waals surface area contributed by atoms with Crippen LogP contribution >= 0.6 is 0 Å². The molecule has 2 aromatic heterocycles. The van der Waals surface area contributed by atoms with Gasteiger partial charge in [0, 0.05) is 27.4 Å². The molecule has 0 radical (unpaired) electrons. The fourth-order valence-electron chi connectivity index (χ4n) is 7.97. The molecule has 0 saturated heterocycles. The fourth-order valence-corrected chi connectivity index (χ4v) is 7.97. The van der Waals surface area contributed by atoms with Crippen LogP contribution < -0.4 is 0 Å². The zero-order valence-electron chi connectivity index (χ0n) is 26.2. The Morgan fingerprint density at radius 2 is 1.15 bits per heavy atom. The van der Waals surface area contributed by atoms with Crippen molar-refractivity contribution in [2.75, 3.05) is 0 Å². The highest BCUT2D eigenvalue weighted by atomic mass is 16.3. The molecule has 224 valence electrons. The van der Waals surface area contributed by atoms with Gasteiger partial charge in [-0.15, -0.1) is 0 Å². The van der Waals surface area contributed by atoms with Crippen LogP contribution in [0.1, 0.15) is 11.3 Å². The molecule has 0 bridgehead atoms. The van der Waals surface area contributed by atoms with Crippen LogP contribution in [0.5, 0.6) is 0 Å². The van der Waals surface area contributed by atoms with E-state index in [1.165, 1.54) is 66.0 Å². The normalized spacial score (nSPS) is 11.9. The molecule has 0 spiro atoms. The van der Waals surface area contributed by atoms with Crippen molar-refractivity contribution in [3.8, 4) is 50.2 Å². The van der Waals surface area contributed by atoms with E-state index in [0.717, 1.165) is 39.1 Å². The summed E-state index contributed by atoms with van der Waals surface area (Å²) >= 11 is 0. The van der Waals surface area contributed by atoms with Crippen molar-refractivity contribution in [3.63, 3.8) is 0 Å². The summed E-state index contributed by atoms with van der Waals surface area (Å²) in [5.74, 6) is 0.748. The molecule has 48 heavy (non-hydrogen) atoms. The minimum Gasteiger partial charge on any atom is -0.456 e. The number of hydrogen-bond donors (Lipinski definition) is 0. The predicted molar refractivity (Wildman–Crippen MR) is 204 cm³/mol. The zero-order chi connectivity index (χ0) is 31.9. The van der Waals surface area contributed by atoms with Gasteiger partial charge in [0.25, 0.3) is 0 Å². The Balaban J connectivity index is 1.29. The quantitative estimate of drug-likeness (QED) is 0.189. The summed E-state index contributed by atoms with van der Waals surface area (Å²) in [6.07, 6.45) is 3.61. The average molecular weight is 612 g/mol. The van der Waals surface area contributed by atoms with E-state index in [1.807, 2.05) is 6.08 Å². The molecule has 0 aliphatic heterocycles. The van der Waals surface area contributed by atoms with Crippen LogP contribution in [0.3, 0.4) is 0 Å². The Kier molecular flexibility index (Phi) is 5.62. The molecule has 1 aliphatic rings. The van der Waals surface area contributed by atoms with Gasteiger partial charge in [0.1, 0.15) is 11.3 Å². The number of benzene rings is 7. The molecule has 2 nitrogen and oxygen atoms in total. The third kappa shape index (κ3) is 3.69. The van der Waals surface area contributed by atoms with Crippen molar-refractivity contribution in [2.45, 2.75) is 0 Å². The molecule has 1 aliphatic carbocycles. The summed E-state index contributed by atoms with van der Waals surface area (Å²) in [5.41, 5.74) is 15.2. The van der Waals surface area contributed by atoms with Crippen molar-refractivity contribution in [2.24, 2.45) is 0 Å². The molecule has 0 fully saturated rings. The first-order valence-electron chi connectivity index (χ1n) is 16.3. The Labute approximate surface area is 278 Å². The second kappa shape index (κ2) is 10.1. The van der Waals surface area contributed by atoms with E-state index in [9.17, 15) is 0 Å². The van der Waals surface area contributed by atoms with E-state index in [1.54, 1.807) is 6.08 Å². The van der Waals surface area contributed by atoms with Crippen LogP contribution in [0, 0.1) is 0 Å². The van der Waals surface area contributed by atoms with Gasteiger partial charge in [-0.2, -0.15) is 0 Å². The van der Waals surface area contributed by atoms with Crippen LogP contribution in [0.25, 0.3) is 106 Å². The lowest BCUT2D eigenvalue weighted by Gasteiger charge is -2.12. The second-order valence-electron chi connectivity index (χ2n) is 12.6. The molecule has 10 rings (SSSR count). The van der Waals surface area contributed by atoms with Crippen LogP contribution in [-0.4, -0.2) is 4.57 Å². The molecule has 0 unspecified atom stereocenters. The third-order valence-corrected chi connectivity index (χ3v) is 10.1. The van der Waals surface area contributed by atoms with Crippen molar-refractivity contribution in [1.29, 1.82) is 0 Å². The van der Waals surface area contributed by atoms with Crippen LogP contribution in [0.4, 0.5) is 0 Å². The number of fused-ring (bicyclic) bond motifs is 8. The maximum absolute atomic E-state index is 6.06. The van der Waals surface area contributed by atoms with Gasteiger partial charge < -0.3 is 8.98 Å². The molecule has 0 atom stereocenters. The van der Waals surface area contributed by atoms with Gasteiger partial charge >= 0.3 is 0 Å². The van der Waals surface area contributed by atoms with E-state index < -0.39 is 0 Å². The molecule has 0 saturated carbocycles. The maximum atomic E-state index is 6.06. The van der Waals surface area contributed by atoms with Gasteiger partial charge in [0.2, 0.25) is 0 Å². The average Bonchev–Trinajstić information content (AvgIpc) is 3.79. The van der Waals surface area contributed by atoms with Crippen LogP contribution in [0.15, 0.2) is 157 Å². The first-order valence-corrected chi connectivity index (χ1v) is 16.3. The Morgan fingerprint density at radius 1 is 0.458 bits per heavy atom. The minimum atomic E-state index is 0.748. The molecular weight excluding hydrogens is 583 g/mol. The molecule has 2 heterocycles. The number of furan rings is 1. The highest BCUT2D eigenvalue weighted by molar-refractivity contribution is 6.29. The third-order valence-electron chi connectivity index (χ3n) is 10.1. The number of aromatic nitrogens is 1. The lowest BCUT2D eigenvalue weighted by atomic mass is 9.96. The van der Waals surface area contributed by atoms with Gasteiger partial charge in [-0.25, -0.2) is 0 Å². The van der Waals surface area contributed by atoms with Gasteiger partial charge in [-0.3, -0.25) is 0 Å². The van der Waals surface area contributed by atoms with Gasteiger partial charge in [0.15, 0.2) is 0 Å². The van der Waals surface area contributed by atoms with E-state index in [2.05, 4.69) is 157 Å². The Bertz CT molecular complexity index is 2810. The standard InChI is InChI=1S/C46H29NO/c1-3-33-38-25-31(21-23-44(38)48-43(33)4-2)30-20-22-41-40(26-30)46-37-19-11-18-36-34-16-8-9-17-35(34)39(45(36)37)27-42(46)47(41)32-15-10-14-29(24-32)28-12-6-5-7-13-28/h3-27H,1-2H2. The minimum absolute atomic E-state index is 0.748. The van der Waals surface area contributed by atoms with Crippen molar-refractivity contribution >= 4 is 55.7 Å². The summed E-state index contributed by atoms with van der Waals surface area (Å²) < 4.78 is 8.52. The Hall–Kier alpha value is -6.38. The number of hydrogen-bond acceptors (Lipinski definition) is 1. The molecule has 0 amide bonds. The van der Waals surface area contributed by atoms with E-state index in [-0.39, 0.29) is 0 Å². The van der Waals surface area contributed by atoms with Crippen LogP contribution in [0.2, 0.25) is 0 Å².